The monoisotopic (exact) mass is 310 g/mol. The number of carbonyl (C=O) groups excluding carboxylic acids is 2. The van der Waals surface area contributed by atoms with Gasteiger partial charge in [0.1, 0.15) is 0 Å². The number of β-amino-alcohol motifs (C(OH)–C–C–N with tert-alkyl or cyclic N) is 1. The fraction of sp³-hybridized carbons (Fsp3) is 0.467. The molecule has 0 bridgehead atoms. The molecule has 1 aliphatic heterocycles. The van der Waals surface area contributed by atoms with Crippen molar-refractivity contribution in [1.29, 1.82) is 0 Å². The van der Waals surface area contributed by atoms with E-state index in [1.165, 1.54) is 0 Å². The van der Waals surface area contributed by atoms with Crippen LogP contribution in [0.1, 0.15) is 24.2 Å². The third-order valence-electron chi connectivity index (χ3n) is 3.80. The zero-order chi connectivity index (χ0) is 15.6. The van der Waals surface area contributed by atoms with E-state index in [1.54, 1.807) is 24.3 Å². The Morgan fingerprint density at radius 1 is 1.33 bits per heavy atom. The third kappa shape index (κ3) is 3.81. The molecule has 0 spiro atoms. The summed E-state index contributed by atoms with van der Waals surface area (Å²) in [6.45, 7) is 4.90. The van der Waals surface area contributed by atoms with Crippen LogP contribution < -0.4 is 5.32 Å². The molecule has 1 fully saturated rings. The van der Waals surface area contributed by atoms with Gasteiger partial charge in [0.15, 0.2) is 0 Å². The topological polar surface area (TPSA) is 69.6 Å². The van der Waals surface area contributed by atoms with E-state index in [1.807, 2.05) is 18.7 Å². The Hall–Kier alpha value is -1.43. The van der Waals surface area contributed by atoms with Gasteiger partial charge in [0.2, 0.25) is 5.91 Å². The van der Waals surface area contributed by atoms with Crippen molar-refractivity contribution in [3.05, 3.63) is 34.9 Å². The maximum Gasteiger partial charge on any atom is 0.257 e. The van der Waals surface area contributed by atoms with Crippen molar-refractivity contribution in [3.8, 4) is 0 Å². The van der Waals surface area contributed by atoms with E-state index in [9.17, 15) is 14.7 Å². The zero-order valence-electron chi connectivity index (χ0n) is 12.1. The van der Waals surface area contributed by atoms with Crippen LogP contribution in [0, 0.1) is 5.92 Å². The normalized spacial score (nSPS) is 17.4. The minimum atomic E-state index is -0.722. The van der Waals surface area contributed by atoms with Gasteiger partial charge >= 0.3 is 0 Å². The van der Waals surface area contributed by atoms with Crippen molar-refractivity contribution in [3.63, 3.8) is 0 Å². The molecule has 0 aliphatic carbocycles. The average Bonchev–Trinajstić information content (AvgIpc) is 2.37. The summed E-state index contributed by atoms with van der Waals surface area (Å²) in [6, 6.07) is 6.32. The molecule has 2 amide bonds. The molecule has 1 aliphatic rings. The predicted octanol–water partition coefficient (Wildman–Crippen LogP) is 1.30. The van der Waals surface area contributed by atoms with Gasteiger partial charge in [0.25, 0.3) is 5.91 Å². The number of hydrogen-bond donors (Lipinski definition) is 2. The Morgan fingerprint density at radius 3 is 2.43 bits per heavy atom. The Kier molecular flexibility index (Phi) is 4.66. The van der Waals surface area contributed by atoms with Crippen molar-refractivity contribution in [1.82, 2.24) is 10.2 Å². The van der Waals surface area contributed by atoms with Crippen LogP contribution in [0.5, 0.6) is 0 Å². The quantitative estimate of drug-likeness (QED) is 0.879. The van der Waals surface area contributed by atoms with E-state index in [-0.39, 0.29) is 18.4 Å². The molecule has 0 atom stereocenters. The molecule has 0 radical (unpaired) electrons. The highest BCUT2D eigenvalue weighted by Gasteiger charge is 2.43. The number of nitrogens with zero attached hydrogens (tertiary/aromatic N) is 1. The molecule has 0 unspecified atom stereocenters. The number of imide groups is 1. The molecule has 1 heterocycles. The van der Waals surface area contributed by atoms with Gasteiger partial charge in [0, 0.05) is 23.7 Å². The van der Waals surface area contributed by atoms with E-state index in [0.29, 0.717) is 23.7 Å². The number of carbonyl (C=O) groups is 2. The molecule has 21 heavy (non-hydrogen) atoms. The van der Waals surface area contributed by atoms with Gasteiger partial charge in [-0.1, -0.05) is 25.4 Å². The first kappa shape index (κ1) is 15.9. The fourth-order valence-corrected chi connectivity index (χ4v) is 2.37. The number of halogens is 1. The van der Waals surface area contributed by atoms with Crippen LogP contribution in [-0.4, -0.2) is 47.1 Å². The predicted molar refractivity (Wildman–Crippen MR) is 80.2 cm³/mol. The van der Waals surface area contributed by atoms with Crippen LogP contribution in [-0.2, 0) is 4.79 Å². The summed E-state index contributed by atoms with van der Waals surface area (Å²) < 4.78 is 0. The molecule has 5 nitrogen and oxygen atoms in total. The first-order valence-electron chi connectivity index (χ1n) is 6.84. The first-order chi connectivity index (χ1) is 9.80. The van der Waals surface area contributed by atoms with E-state index in [4.69, 9.17) is 11.6 Å². The molecule has 6 heteroatoms. The molecule has 1 aromatic rings. The number of nitrogens with one attached hydrogen (secondary N) is 1. The van der Waals surface area contributed by atoms with Gasteiger partial charge in [0.05, 0.1) is 12.1 Å². The summed E-state index contributed by atoms with van der Waals surface area (Å²) in [7, 11) is 0. The second-order valence-corrected chi connectivity index (χ2v) is 6.22. The highest BCUT2D eigenvalue weighted by Crippen LogP contribution is 2.27. The summed E-state index contributed by atoms with van der Waals surface area (Å²) in [5.74, 6) is -0.676. The van der Waals surface area contributed by atoms with Gasteiger partial charge < -0.3 is 5.11 Å². The Bertz CT molecular complexity index is 536. The molecule has 2 rings (SSSR count). The highest BCUT2D eigenvalue weighted by molar-refractivity contribution is 6.30. The Labute approximate surface area is 128 Å². The van der Waals surface area contributed by atoms with E-state index in [2.05, 4.69) is 5.32 Å². The summed E-state index contributed by atoms with van der Waals surface area (Å²) in [4.78, 5) is 25.5. The van der Waals surface area contributed by atoms with Gasteiger partial charge in [-0.25, -0.2) is 0 Å². The number of benzene rings is 1. The van der Waals surface area contributed by atoms with Gasteiger partial charge in [-0.2, -0.15) is 0 Å². The standard InChI is InChI=1S/C15H19ClN2O3/c1-10(2)15(21)8-18(9-15)7-13(19)17-14(20)11-3-5-12(16)6-4-11/h3-6,10,21H,7-9H2,1-2H3,(H,17,19,20). The number of rotatable bonds is 4. The highest BCUT2D eigenvalue weighted by atomic mass is 35.5. The lowest BCUT2D eigenvalue weighted by Crippen LogP contribution is -2.65. The van der Waals surface area contributed by atoms with Crippen LogP contribution in [0.3, 0.4) is 0 Å². The van der Waals surface area contributed by atoms with Gasteiger partial charge in [-0.3, -0.25) is 19.8 Å². The smallest absolute Gasteiger partial charge is 0.257 e. The second kappa shape index (κ2) is 6.13. The zero-order valence-corrected chi connectivity index (χ0v) is 12.9. The van der Waals surface area contributed by atoms with Crippen LogP contribution in [0.2, 0.25) is 5.02 Å². The molecule has 0 aromatic heterocycles. The van der Waals surface area contributed by atoms with Crippen molar-refractivity contribution in [2.75, 3.05) is 19.6 Å². The van der Waals surface area contributed by atoms with Crippen LogP contribution >= 0.6 is 11.6 Å². The Morgan fingerprint density at radius 2 is 1.90 bits per heavy atom. The average molecular weight is 311 g/mol. The summed E-state index contributed by atoms with van der Waals surface area (Å²) >= 11 is 5.74. The maximum atomic E-state index is 11.8. The summed E-state index contributed by atoms with van der Waals surface area (Å²) in [5.41, 5.74) is -0.337. The first-order valence-corrected chi connectivity index (χ1v) is 7.22. The molecular weight excluding hydrogens is 292 g/mol. The molecule has 1 aromatic carbocycles. The minimum absolute atomic E-state index is 0.106. The van der Waals surface area contributed by atoms with Crippen molar-refractivity contribution < 1.29 is 14.7 Å². The van der Waals surface area contributed by atoms with Crippen molar-refractivity contribution in [2.24, 2.45) is 5.92 Å². The van der Waals surface area contributed by atoms with Crippen molar-refractivity contribution >= 4 is 23.4 Å². The molecule has 0 saturated carbocycles. The molecule has 2 N–H and O–H groups in total. The van der Waals surface area contributed by atoms with Crippen LogP contribution in [0.4, 0.5) is 0 Å². The Balaban J connectivity index is 1.81. The van der Waals surface area contributed by atoms with Gasteiger partial charge in [-0.15, -0.1) is 0 Å². The lowest BCUT2D eigenvalue weighted by molar-refractivity contribution is -0.141. The number of amides is 2. The van der Waals surface area contributed by atoms with Crippen LogP contribution in [0.25, 0.3) is 0 Å². The lowest BCUT2D eigenvalue weighted by Gasteiger charge is -2.48. The largest absolute Gasteiger partial charge is 0.387 e. The SMILES string of the molecule is CC(C)C1(O)CN(CC(=O)NC(=O)c2ccc(Cl)cc2)C1. The van der Waals surface area contributed by atoms with E-state index < -0.39 is 11.5 Å². The fourth-order valence-electron chi connectivity index (χ4n) is 2.25. The van der Waals surface area contributed by atoms with E-state index >= 15 is 0 Å². The van der Waals surface area contributed by atoms with Gasteiger partial charge in [-0.05, 0) is 30.2 Å². The van der Waals surface area contributed by atoms with E-state index in [0.717, 1.165) is 0 Å². The number of aliphatic hydroxyl groups is 1. The molecule has 114 valence electrons. The number of likely N-dealkylation sites (tertiary alicyclic amines) is 1. The maximum absolute atomic E-state index is 11.8. The molecular formula is C15H19ClN2O3. The summed E-state index contributed by atoms with van der Waals surface area (Å²) in [5, 5.41) is 13.0. The second-order valence-electron chi connectivity index (χ2n) is 5.79. The number of hydrogen-bond acceptors (Lipinski definition) is 4. The third-order valence-corrected chi connectivity index (χ3v) is 4.05. The minimum Gasteiger partial charge on any atom is -0.387 e. The lowest BCUT2D eigenvalue weighted by atomic mass is 9.83. The summed E-state index contributed by atoms with van der Waals surface area (Å²) in [6.07, 6.45) is 0. The van der Waals surface area contributed by atoms with Crippen LogP contribution in [0.15, 0.2) is 24.3 Å². The molecule has 1 saturated heterocycles. The van der Waals surface area contributed by atoms with Crippen molar-refractivity contribution in [2.45, 2.75) is 19.4 Å².